The molecule has 1 atom stereocenters. The highest BCUT2D eigenvalue weighted by Crippen LogP contribution is 2.21. The van der Waals surface area contributed by atoms with Gasteiger partial charge in [-0.15, -0.1) is 0 Å². The van der Waals surface area contributed by atoms with Gasteiger partial charge in [-0.2, -0.15) is 0 Å². The summed E-state index contributed by atoms with van der Waals surface area (Å²) in [5.74, 6) is -1.03. The SMILES string of the molecule is CCC(NC(=O)Nc1ccc(N2CCCC2)cc1)C(=O)O. The predicted octanol–water partition coefficient (Wildman–Crippen LogP) is 2.27. The second kappa shape index (κ2) is 6.97. The van der Waals surface area contributed by atoms with Gasteiger partial charge in [-0.05, 0) is 43.5 Å². The topological polar surface area (TPSA) is 81.7 Å². The maximum absolute atomic E-state index is 11.7. The smallest absolute Gasteiger partial charge is 0.326 e. The molecule has 1 aliphatic rings. The van der Waals surface area contributed by atoms with Crippen LogP contribution in [0.15, 0.2) is 24.3 Å². The number of urea groups is 1. The summed E-state index contributed by atoms with van der Waals surface area (Å²) < 4.78 is 0. The molecule has 0 bridgehead atoms. The number of carboxylic acids is 1. The number of carbonyl (C=O) groups is 2. The molecule has 1 aromatic rings. The summed E-state index contributed by atoms with van der Waals surface area (Å²) in [6.45, 7) is 3.86. The minimum Gasteiger partial charge on any atom is -0.480 e. The summed E-state index contributed by atoms with van der Waals surface area (Å²) in [7, 11) is 0. The maximum Gasteiger partial charge on any atom is 0.326 e. The van der Waals surface area contributed by atoms with Crippen molar-refractivity contribution in [2.75, 3.05) is 23.3 Å². The summed E-state index contributed by atoms with van der Waals surface area (Å²) in [6, 6.07) is 6.22. The fourth-order valence-corrected chi connectivity index (χ4v) is 2.39. The summed E-state index contributed by atoms with van der Waals surface area (Å²) in [5, 5.41) is 14.0. The van der Waals surface area contributed by atoms with Gasteiger partial charge in [0.15, 0.2) is 0 Å². The molecule has 1 unspecified atom stereocenters. The zero-order valence-electron chi connectivity index (χ0n) is 12.1. The third-order valence-electron chi connectivity index (χ3n) is 3.61. The van der Waals surface area contributed by atoms with Crippen LogP contribution in [0.25, 0.3) is 0 Å². The summed E-state index contributed by atoms with van der Waals surface area (Å²) >= 11 is 0. The number of carboxylic acid groups (broad SMARTS) is 1. The second-order valence-electron chi connectivity index (χ2n) is 5.14. The van der Waals surface area contributed by atoms with E-state index in [1.807, 2.05) is 24.3 Å². The molecule has 21 heavy (non-hydrogen) atoms. The summed E-state index contributed by atoms with van der Waals surface area (Å²) in [5.41, 5.74) is 1.80. The van der Waals surface area contributed by atoms with Gasteiger partial charge in [-0.1, -0.05) is 6.92 Å². The maximum atomic E-state index is 11.7. The van der Waals surface area contributed by atoms with Crippen LogP contribution < -0.4 is 15.5 Å². The standard InChI is InChI=1S/C15H21N3O3/c1-2-13(14(19)20)17-15(21)16-11-5-7-12(8-6-11)18-9-3-4-10-18/h5-8,13H,2-4,9-10H2,1H3,(H,19,20)(H2,16,17,21). The quantitative estimate of drug-likeness (QED) is 0.777. The van der Waals surface area contributed by atoms with Gasteiger partial charge in [0.2, 0.25) is 0 Å². The third-order valence-corrected chi connectivity index (χ3v) is 3.61. The second-order valence-corrected chi connectivity index (χ2v) is 5.14. The Morgan fingerprint density at radius 3 is 2.38 bits per heavy atom. The Morgan fingerprint density at radius 2 is 1.86 bits per heavy atom. The van der Waals surface area contributed by atoms with E-state index >= 15 is 0 Å². The fourth-order valence-electron chi connectivity index (χ4n) is 2.39. The molecule has 0 saturated carbocycles. The van der Waals surface area contributed by atoms with Gasteiger partial charge in [-0.25, -0.2) is 9.59 Å². The zero-order valence-corrected chi connectivity index (χ0v) is 12.1. The van der Waals surface area contributed by atoms with Gasteiger partial charge >= 0.3 is 12.0 Å². The van der Waals surface area contributed by atoms with Crippen molar-refractivity contribution in [3.05, 3.63) is 24.3 Å². The lowest BCUT2D eigenvalue weighted by Crippen LogP contribution is -2.42. The number of nitrogens with zero attached hydrogens (tertiary/aromatic N) is 1. The Kier molecular flexibility index (Phi) is 5.03. The van der Waals surface area contributed by atoms with Crippen LogP contribution in [0.2, 0.25) is 0 Å². The predicted molar refractivity (Wildman–Crippen MR) is 81.8 cm³/mol. The third kappa shape index (κ3) is 4.11. The number of benzene rings is 1. The molecule has 2 amide bonds. The van der Waals surface area contributed by atoms with Gasteiger partial charge in [0.1, 0.15) is 6.04 Å². The highest BCUT2D eigenvalue weighted by Gasteiger charge is 2.17. The van der Waals surface area contributed by atoms with Gasteiger partial charge in [-0.3, -0.25) is 0 Å². The van der Waals surface area contributed by atoms with E-state index < -0.39 is 18.0 Å². The molecule has 6 nitrogen and oxygen atoms in total. The normalized spacial score (nSPS) is 15.6. The first-order chi connectivity index (χ1) is 10.1. The summed E-state index contributed by atoms with van der Waals surface area (Å²) in [6.07, 6.45) is 2.78. The molecule has 1 saturated heterocycles. The van der Waals surface area contributed by atoms with Crippen molar-refractivity contribution in [2.24, 2.45) is 0 Å². The highest BCUT2D eigenvalue weighted by atomic mass is 16.4. The Bertz CT molecular complexity index is 495. The molecule has 0 aromatic heterocycles. The minimum atomic E-state index is -1.03. The van der Waals surface area contributed by atoms with E-state index in [4.69, 9.17) is 5.11 Å². The van der Waals surface area contributed by atoms with Crippen molar-refractivity contribution in [1.82, 2.24) is 5.32 Å². The zero-order chi connectivity index (χ0) is 15.2. The first-order valence-corrected chi connectivity index (χ1v) is 7.25. The lowest BCUT2D eigenvalue weighted by atomic mass is 10.2. The van der Waals surface area contributed by atoms with Gasteiger partial charge in [0, 0.05) is 24.5 Å². The van der Waals surface area contributed by atoms with Crippen LogP contribution in [0.5, 0.6) is 0 Å². The van der Waals surface area contributed by atoms with E-state index in [9.17, 15) is 9.59 Å². The number of amides is 2. The Hall–Kier alpha value is -2.24. The van der Waals surface area contributed by atoms with E-state index in [2.05, 4.69) is 15.5 Å². The van der Waals surface area contributed by atoms with Gasteiger partial charge in [0.05, 0.1) is 0 Å². The van der Waals surface area contributed by atoms with Crippen LogP contribution >= 0.6 is 0 Å². The highest BCUT2D eigenvalue weighted by molar-refractivity contribution is 5.92. The molecule has 0 radical (unpaired) electrons. The molecule has 1 fully saturated rings. The number of aliphatic carboxylic acids is 1. The first kappa shape index (κ1) is 15.2. The Labute approximate surface area is 124 Å². The van der Waals surface area contributed by atoms with E-state index in [1.165, 1.54) is 12.8 Å². The Balaban J connectivity index is 1.90. The lowest BCUT2D eigenvalue weighted by molar-refractivity contribution is -0.139. The number of hydrogen-bond acceptors (Lipinski definition) is 3. The van der Waals surface area contributed by atoms with Crippen molar-refractivity contribution in [3.8, 4) is 0 Å². The molecule has 1 heterocycles. The van der Waals surface area contributed by atoms with Crippen molar-refractivity contribution in [2.45, 2.75) is 32.2 Å². The molecular weight excluding hydrogens is 270 g/mol. The molecule has 1 aromatic carbocycles. The van der Waals surface area contributed by atoms with Crippen molar-refractivity contribution >= 4 is 23.4 Å². The van der Waals surface area contributed by atoms with Crippen LogP contribution in [-0.4, -0.2) is 36.2 Å². The van der Waals surface area contributed by atoms with Crippen molar-refractivity contribution in [3.63, 3.8) is 0 Å². The van der Waals surface area contributed by atoms with Gasteiger partial charge < -0.3 is 20.6 Å². The molecular formula is C15H21N3O3. The number of hydrogen-bond donors (Lipinski definition) is 3. The van der Waals surface area contributed by atoms with Crippen LogP contribution in [0, 0.1) is 0 Å². The van der Waals surface area contributed by atoms with Crippen molar-refractivity contribution in [1.29, 1.82) is 0 Å². The average Bonchev–Trinajstić information content (AvgIpc) is 2.99. The number of carbonyl (C=O) groups excluding carboxylic acids is 1. The number of anilines is 2. The van der Waals surface area contributed by atoms with Gasteiger partial charge in [0.25, 0.3) is 0 Å². The molecule has 3 N–H and O–H groups in total. The first-order valence-electron chi connectivity index (χ1n) is 7.25. The van der Waals surface area contributed by atoms with E-state index in [-0.39, 0.29) is 0 Å². The summed E-state index contributed by atoms with van der Waals surface area (Å²) in [4.78, 5) is 24.9. The molecule has 0 spiro atoms. The molecule has 1 aliphatic heterocycles. The molecule has 114 valence electrons. The van der Waals surface area contributed by atoms with E-state index in [0.717, 1.165) is 18.8 Å². The molecule has 6 heteroatoms. The number of rotatable bonds is 5. The largest absolute Gasteiger partial charge is 0.480 e. The fraction of sp³-hybridized carbons (Fsp3) is 0.467. The van der Waals surface area contributed by atoms with E-state index in [1.54, 1.807) is 6.92 Å². The number of nitrogens with one attached hydrogen (secondary N) is 2. The van der Waals surface area contributed by atoms with Crippen molar-refractivity contribution < 1.29 is 14.7 Å². The molecule has 0 aliphatic carbocycles. The molecule has 2 rings (SSSR count). The average molecular weight is 291 g/mol. The van der Waals surface area contributed by atoms with Crippen LogP contribution in [0.4, 0.5) is 16.2 Å². The van der Waals surface area contributed by atoms with Crippen LogP contribution in [0.3, 0.4) is 0 Å². The Morgan fingerprint density at radius 1 is 1.24 bits per heavy atom. The lowest BCUT2D eigenvalue weighted by Gasteiger charge is -2.18. The monoisotopic (exact) mass is 291 g/mol. The van der Waals surface area contributed by atoms with Crippen LogP contribution in [0.1, 0.15) is 26.2 Å². The van der Waals surface area contributed by atoms with E-state index in [0.29, 0.717) is 12.1 Å². The van der Waals surface area contributed by atoms with Crippen LogP contribution in [-0.2, 0) is 4.79 Å². The minimum absolute atomic E-state index is 0.344.